The van der Waals surface area contributed by atoms with Gasteiger partial charge in [0.1, 0.15) is 11.1 Å². The number of hydrogen-bond donors (Lipinski definition) is 0. The maximum atomic E-state index is 12.8. The lowest BCUT2D eigenvalue weighted by Gasteiger charge is -2.32. The number of aromatic nitrogens is 3. The highest BCUT2D eigenvalue weighted by Crippen LogP contribution is 2.22. The molecule has 0 N–H and O–H groups in total. The number of thioether (sulfide) groups is 1. The van der Waals surface area contributed by atoms with Crippen LogP contribution in [0.3, 0.4) is 0 Å². The first kappa shape index (κ1) is 16.7. The van der Waals surface area contributed by atoms with E-state index in [9.17, 15) is 4.79 Å². The van der Waals surface area contributed by atoms with E-state index >= 15 is 0 Å². The van der Waals surface area contributed by atoms with E-state index in [0.717, 1.165) is 30.1 Å². The second kappa shape index (κ2) is 7.61. The van der Waals surface area contributed by atoms with Gasteiger partial charge < -0.3 is 9.64 Å². The standard InChI is InChI=1S/C17H20N4O2S/c1-12-7-8-15(20-19-12)23-13-5-4-10-21(11-13)17(22)14-6-3-9-18-16(14)24-2/h3,6-9,13H,4-5,10-11H2,1-2H3. The average Bonchev–Trinajstić information content (AvgIpc) is 2.63. The zero-order chi connectivity index (χ0) is 16.9. The Bertz CT molecular complexity index is 708. The molecule has 0 aliphatic carbocycles. The molecule has 0 bridgehead atoms. The monoisotopic (exact) mass is 344 g/mol. The maximum Gasteiger partial charge on any atom is 0.256 e. The molecule has 1 aliphatic heterocycles. The minimum absolute atomic E-state index is 0.00994. The predicted molar refractivity (Wildman–Crippen MR) is 92.3 cm³/mol. The van der Waals surface area contributed by atoms with Gasteiger partial charge in [0.15, 0.2) is 0 Å². The quantitative estimate of drug-likeness (QED) is 0.794. The van der Waals surface area contributed by atoms with Gasteiger partial charge >= 0.3 is 0 Å². The second-order valence-corrected chi connectivity index (χ2v) is 6.50. The number of rotatable bonds is 4. The molecule has 3 rings (SSSR count). The third-order valence-electron chi connectivity index (χ3n) is 3.92. The normalized spacial score (nSPS) is 17.6. The van der Waals surface area contributed by atoms with E-state index in [2.05, 4.69) is 15.2 Å². The van der Waals surface area contributed by atoms with E-state index in [1.165, 1.54) is 11.8 Å². The number of likely N-dealkylation sites (tertiary alicyclic amines) is 1. The van der Waals surface area contributed by atoms with E-state index in [1.54, 1.807) is 12.3 Å². The van der Waals surface area contributed by atoms with Crippen LogP contribution in [-0.4, -0.2) is 51.4 Å². The highest BCUT2D eigenvalue weighted by molar-refractivity contribution is 7.98. The molecule has 1 fully saturated rings. The van der Waals surface area contributed by atoms with Crippen LogP contribution in [0, 0.1) is 6.92 Å². The Morgan fingerprint density at radius 2 is 2.21 bits per heavy atom. The minimum atomic E-state index is -0.0610. The van der Waals surface area contributed by atoms with Crippen molar-refractivity contribution in [1.82, 2.24) is 20.1 Å². The van der Waals surface area contributed by atoms with Crippen LogP contribution in [0.25, 0.3) is 0 Å². The van der Waals surface area contributed by atoms with Crippen molar-refractivity contribution >= 4 is 17.7 Å². The molecule has 0 aromatic carbocycles. The van der Waals surface area contributed by atoms with Crippen LogP contribution in [0.4, 0.5) is 0 Å². The van der Waals surface area contributed by atoms with Gasteiger partial charge in [0.2, 0.25) is 5.88 Å². The number of aryl methyl sites for hydroxylation is 1. The van der Waals surface area contributed by atoms with Gasteiger partial charge in [-0.1, -0.05) is 0 Å². The molecular weight excluding hydrogens is 324 g/mol. The van der Waals surface area contributed by atoms with Gasteiger partial charge in [0.25, 0.3) is 5.91 Å². The van der Waals surface area contributed by atoms with Crippen molar-refractivity contribution in [3.8, 4) is 5.88 Å². The number of pyridine rings is 1. The Labute approximate surface area is 145 Å². The third-order valence-corrected chi connectivity index (χ3v) is 4.63. The van der Waals surface area contributed by atoms with Gasteiger partial charge in [-0.25, -0.2) is 4.98 Å². The Morgan fingerprint density at radius 1 is 1.33 bits per heavy atom. The van der Waals surface area contributed by atoms with Crippen molar-refractivity contribution in [3.63, 3.8) is 0 Å². The smallest absolute Gasteiger partial charge is 0.256 e. The molecule has 24 heavy (non-hydrogen) atoms. The SMILES string of the molecule is CSc1ncccc1C(=O)N1CCCC(Oc2ccc(C)nn2)C1. The second-order valence-electron chi connectivity index (χ2n) is 5.71. The summed E-state index contributed by atoms with van der Waals surface area (Å²) < 4.78 is 5.89. The van der Waals surface area contributed by atoms with Crippen LogP contribution in [0.2, 0.25) is 0 Å². The van der Waals surface area contributed by atoms with Gasteiger partial charge in [0.05, 0.1) is 17.8 Å². The van der Waals surface area contributed by atoms with Crippen molar-refractivity contribution in [2.75, 3.05) is 19.3 Å². The molecule has 7 heteroatoms. The third kappa shape index (κ3) is 3.84. The summed E-state index contributed by atoms with van der Waals surface area (Å²) in [6.07, 6.45) is 5.39. The van der Waals surface area contributed by atoms with Gasteiger partial charge in [0, 0.05) is 18.8 Å². The lowest BCUT2D eigenvalue weighted by atomic mass is 10.1. The first-order valence-corrected chi connectivity index (χ1v) is 9.15. The lowest BCUT2D eigenvalue weighted by Crippen LogP contribution is -2.44. The maximum absolute atomic E-state index is 12.8. The average molecular weight is 344 g/mol. The fourth-order valence-electron chi connectivity index (χ4n) is 2.73. The lowest BCUT2D eigenvalue weighted by molar-refractivity contribution is 0.0521. The Hall–Kier alpha value is -2.15. The van der Waals surface area contributed by atoms with Gasteiger partial charge in [-0.2, -0.15) is 5.10 Å². The molecule has 3 heterocycles. The molecule has 0 saturated carbocycles. The molecular formula is C17H20N4O2S. The summed E-state index contributed by atoms with van der Waals surface area (Å²) in [7, 11) is 0. The number of carbonyl (C=O) groups excluding carboxylic acids is 1. The van der Waals surface area contributed by atoms with Crippen molar-refractivity contribution in [3.05, 3.63) is 41.7 Å². The van der Waals surface area contributed by atoms with Gasteiger partial charge in [-0.15, -0.1) is 16.9 Å². The van der Waals surface area contributed by atoms with Crippen LogP contribution < -0.4 is 4.74 Å². The van der Waals surface area contributed by atoms with E-state index in [-0.39, 0.29) is 12.0 Å². The minimum Gasteiger partial charge on any atom is -0.471 e. The summed E-state index contributed by atoms with van der Waals surface area (Å²) in [5.74, 6) is 0.516. The molecule has 0 spiro atoms. The van der Waals surface area contributed by atoms with Crippen molar-refractivity contribution in [2.45, 2.75) is 30.9 Å². The van der Waals surface area contributed by atoms with E-state index in [0.29, 0.717) is 18.0 Å². The van der Waals surface area contributed by atoms with Crippen molar-refractivity contribution in [2.24, 2.45) is 0 Å². The molecule has 1 saturated heterocycles. The molecule has 2 aromatic heterocycles. The molecule has 1 aliphatic rings. The molecule has 126 valence electrons. The largest absolute Gasteiger partial charge is 0.471 e. The summed E-state index contributed by atoms with van der Waals surface area (Å²) in [4.78, 5) is 18.9. The zero-order valence-electron chi connectivity index (χ0n) is 13.8. The van der Waals surface area contributed by atoms with Gasteiger partial charge in [-0.05, 0) is 44.2 Å². The number of carbonyl (C=O) groups is 1. The zero-order valence-corrected chi connectivity index (χ0v) is 14.6. The topological polar surface area (TPSA) is 68.2 Å². The molecule has 6 nitrogen and oxygen atoms in total. The molecule has 1 amide bonds. The fraction of sp³-hybridized carbons (Fsp3) is 0.412. The highest BCUT2D eigenvalue weighted by atomic mass is 32.2. The molecule has 0 radical (unpaired) electrons. The fourth-order valence-corrected chi connectivity index (χ4v) is 3.27. The molecule has 1 atom stereocenters. The van der Waals surface area contributed by atoms with Gasteiger partial charge in [-0.3, -0.25) is 4.79 Å². The highest BCUT2D eigenvalue weighted by Gasteiger charge is 2.27. The van der Waals surface area contributed by atoms with Crippen molar-refractivity contribution in [1.29, 1.82) is 0 Å². The van der Waals surface area contributed by atoms with Crippen LogP contribution in [0.5, 0.6) is 5.88 Å². The predicted octanol–water partition coefficient (Wildman–Crippen LogP) is 2.59. The Balaban J connectivity index is 1.68. The van der Waals surface area contributed by atoms with E-state index < -0.39 is 0 Å². The van der Waals surface area contributed by atoms with E-state index in [4.69, 9.17) is 4.74 Å². The summed E-state index contributed by atoms with van der Waals surface area (Å²) in [6.45, 7) is 3.17. The van der Waals surface area contributed by atoms with Crippen molar-refractivity contribution < 1.29 is 9.53 Å². The number of nitrogens with zero attached hydrogens (tertiary/aromatic N) is 4. The summed E-state index contributed by atoms with van der Waals surface area (Å²) in [5.41, 5.74) is 1.50. The summed E-state index contributed by atoms with van der Waals surface area (Å²) in [6, 6.07) is 7.31. The summed E-state index contributed by atoms with van der Waals surface area (Å²) in [5, 5.41) is 8.80. The molecule has 2 aromatic rings. The number of amides is 1. The first-order chi connectivity index (χ1) is 11.7. The number of piperidine rings is 1. The van der Waals surface area contributed by atoms with E-state index in [1.807, 2.05) is 36.3 Å². The molecule has 1 unspecified atom stereocenters. The Morgan fingerprint density at radius 3 is 2.96 bits per heavy atom. The summed E-state index contributed by atoms with van der Waals surface area (Å²) >= 11 is 1.48. The van der Waals surface area contributed by atoms with Crippen LogP contribution in [-0.2, 0) is 0 Å². The first-order valence-electron chi connectivity index (χ1n) is 7.92. The van der Waals surface area contributed by atoms with Crippen LogP contribution in [0.15, 0.2) is 35.5 Å². The number of ether oxygens (including phenoxy) is 1. The van der Waals surface area contributed by atoms with Crippen LogP contribution in [0.1, 0.15) is 28.9 Å². The van der Waals surface area contributed by atoms with Crippen LogP contribution >= 0.6 is 11.8 Å². The number of hydrogen-bond acceptors (Lipinski definition) is 6. The Kier molecular flexibility index (Phi) is 5.30.